The van der Waals surface area contributed by atoms with Crippen molar-refractivity contribution in [2.75, 3.05) is 39.3 Å². The minimum atomic E-state index is -0.481. The van der Waals surface area contributed by atoms with Gasteiger partial charge in [-0.1, -0.05) is 29.3 Å². The number of nitrogens with zero attached hydrogens (tertiary/aromatic N) is 3. The second kappa shape index (κ2) is 14.6. The number of benzene rings is 1. The highest BCUT2D eigenvalue weighted by Crippen LogP contribution is 2.41. The van der Waals surface area contributed by atoms with Crippen LogP contribution in [-0.4, -0.2) is 71.6 Å². The number of likely N-dealkylation sites (tertiary alicyclic amines) is 3. The van der Waals surface area contributed by atoms with Gasteiger partial charge in [-0.25, -0.2) is 4.79 Å². The van der Waals surface area contributed by atoms with Crippen LogP contribution in [0.15, 0.2) is 28.3 Å². The van der Waals surface area contributed by atoms with Gasteiger partial charge in [0.2, 0.25) is 5.91 Å². The molecule has 4 aliphatic rings. The van der Waals surface area contributed by atoms with Crippen LogP contribution in [0.2, 0.25) is 5.02 Å². The third kappa shape index (κ3) is 8.22. The van der Waals surface area contributed by atoms with Crippen LogP contribution in [0.4, 0.5) is 4.79 Å². The Morgan fingerprint density at radius 2 is 1.57 bits per heavy atom. The first-order valence-electron chi connectivity index (χ1n) is 16.6. The molecule has 3 fully saturated rings. The Labute approximate surface area is 278 Å². The fraction of sp³-hybridized carbons (Fsp3) is 0.667. The first kappa shape index (κ1) is 33.4. The van der Waals surface area contributed by atoms with Gasteiger partial charge < -0.3 is 14.5 Å². The van der Waals surface area contributed by atoms with Crippen molar-refractivity contribution >= 4 is 39.5 Å². The summed E-state index contributed by atoms with van der Waals surface area (Å²) in [4.78, 5) is 32.1. The molecule has 1 unspecified atom stereocenters. The number of fused-ring (bicyclic) bond motifs is 1. The zero-order valence-electron chi connectivity index (χ0n) is 26.8. The number of halogens is 2. The van der Waals surface area contributed by atoms with Gasteiger partial charge in [0.15, 0.2) is 0 Å². The SMILES string of the molecule is C#CCC1=CC(N2CCC(C3CCN(C(=O)CC4CCN(C(=O)OC(C)(C)C)CC4)CC3)CC2)c2ccc(Cl)c(Br)c2CC1. The Morgan fingerprint density at radius 1 is 0.955 bits per heavy atom. The van der Waals surface area contributed by atoms with E-state index < -0.39 is 5.60 Å². The molecule has 1 aliphatic carbocycles. The van der Waals surface area contributed by atoms with Crippen molar-refractivity contribution in [2.45, 2.75) is 96.6 Å². The van der Waals surface area contributed by atoms with Gasteiger partial charge in [-0.05, 0) is 136 Å². The smallest absolute Gasteiger partial charge is 0.410 e. The van der Waals surface area contributed by atoms with Crippen LogP contribution in [-0.2, 0) is 16.0 Å². The van der Waals surface area contributed by atoms with Gasteiger partial charge in [0.1, 0.15) is 5.60 Å². The molecule has 1 aromatic carbocycles. The Kier molecular flexibility index (Phi) is 11.1. The predicted molar refractivity (Wildman–Crippen MR) is 180 cm³/mol. The van der Waals surface area contributed by atoms with E-state index in [1.807, 2.05) is 26.8 Å². The summed E-state index contributed by atoms with van der Waals surface area (Å²) < 4.78 is 6.55. The predicted octanol–water partition coefficient (Wildman–Crippen LogP) is 8.03. The number of amides is 2. The molecule has 0 aromatic heterocycles. The summed E-state index contributed by atoms with van der Waals surface area (Å²) in [7, 11) is 0. The first-order valence-corrected chi connectivity index (χ1v) is 17.8. The maximum atomic E-state index is 13.2. The number of ether oxygens (including phenoxy) is 1. The molecule has 6 nitrogen and oxygen atoms in total. The van der Waals surface area contributed by atoms with Crippen LogP contribution < -0.4 is 0 Å². The molecule has 44 heavy (non-hydrogen) atoms. The average Bonchev–Trinajstić information content (AvgIpc) is 3.19. The third-order valence-corrected chi connectivity index (χ3v) is 11.7. The van der Waals surface area contributed by atoms with Crippen LogP contribution in [0.25, 0.3) is 0 Å². The van der Waals surface area contributed by atoms with Gasteiger partial charge in [0.25, 0.3) is 0 Å². The van der Waals surface area contributed by atoms with Crippen molar-refractivity contribution in [3.05, 3.63) is 44.4 Å². The monoisotopic (exact) mass is 685 g/mol. The molecule has 0 radical (unpaired) electrons. The molecule has 1 aromatic rings. The molecule has 240 valence electrons. The maximum Gasteiger partial charge on any atom is 0.410 e. The molecule has 3 saturated heterocycles. The molecular weight excluding hydrogens is 638 g/mol. The van der Waals surface area contributed by atoms with Gasteiger partial charge in [-0.2, -0.15) is 0 Å². The zero-order valence-corrected chi connectivity index (χ0v) is 29.1. The lowest BCUT2D eigenvalue weighted by atomic mass is 9.78. The molecule has 0 N–H and O–H groups in total. The normalized spacial score (nSPS) is 23.0. The second-order valence-electron chi connectivity index (χ2n) is 14.3. The highest BCUT2D eigenvalue weighted by molar-refractivity contribution is 9.10. The van der Waals surface area contributed by atoms with Crippen LogP contribution >= 0.6 is 27.5 Å². The maximum absolute atomic E-state index is 13.2. The Bertz CT molecular complexity index is 1260. The van der Waals surface area contributed by atoms with E-state index in [4.69, 9.17) is 22.8 Å². The van der Waals surface area contributed by atoms with Gasteiger partial charge in [-0.3, -0.25) is 9.69 Å². The molecule has 0 spiro atoms. The number of terminal acetylenes is 1. The Morgan fingerprint density at radius 3 is 2.18 bits per heavy atom. The topological polar surface area (TPSA) is 53.1 Å². The number of carbonyl (C=O) groups excluding carboxylic acids is 2. The van der Waals surface area contributed by atoms with Crippen LogP contribution in [0.3, 0.4) is 0 Å². The van der Waals surface area contributed by atoms with Crippen molar-refractivity contribution in [3.8, 4) is 12.3 Å². The van der Waals surface area contributed by atoms with Gasteiger partial charge in [0, 0.05) is 43.5 Å². The van der Waals surface area contributed by atoms with E-state index in [1.54, 1.807) is 4.90 Å². The number of piperidine rings is 3. The van der Waals surface area contributed by atoms with Crippen molar-refractivity contribution in [1.29, 1.82) is 0 Å². The van der Waals surface area contributed by atoms with Crippen molar-refractivity contribution in [2.24, 2.45) is 17.8 Å². The summed E-state index contributed by atoms with van der Waals surface area (Å²) in [5.74, 6) is 4.93. The fourth-order valence-corrected chi connectivity index (χ4v) is 8.45. The largest absolute Gasteiger partial charge is 0.444 e. The van der Waals surface area contributed by atoms with E-state index in [2.05, 4.69) is 43.8 Å². The average molecular weight is 687 g/mol. The van der Waals surface area contributed by atoms with E-state index in [0.29, 0.717) is 43.7 Å². The molecule has 3 heterocycles. The molecule has 0 saturated carbocycles. The highest BCUT2D eigenvalue weighted by atomic mass is 79.9. The van der Waals surface area contributed by atoms with Gasteiger partial charge >= 0.3 is 6.09 Å². The molecule has 1 atom stereocenters. The number of hydrogen-bond acceptors (Lipinski definition) is 4. The number of hydrogen-bond donors (Lipinski definition) is 0. The molecular formula is C36H49BrClN3O3. The number of rotatable bonds is 5. The number of allylic oxidation sites excluding steroid dienone is 1. The van der Waals surface area contributed by atoms with Crippen molar-refractivity contribution in [3.63, 3.8) is 0 Å². The van der Waals surface area contributed by atoms with Crippen LogP contribution in [0.1, 0.15) is 95.7 Å². The van der Waals surface area contributed by atoms with Crippen LogP contribution in [0.5, 0.6) is 0 Å². The lowest BCUT2D eigenvalue weighted by Crippen LogP contribution is -2.45. The number of carbonyl (C=O) groups is 2. The fourth-order valence-electron chi connectivity index (χ4n) is 7.71. The second-order valence-corrected chi connectivity index (χ2v) is 15.5. The van der Waals surface area contributed by atoms with Gasteiger partial charge in [-0.15, -0.1) is 12.3 Å². The minimum Gasteiger partial charge on any atom is -0.444 e. The summed E-state index contributed by atoms with van der Waals surface area (Å²) in [5.41, 5.74) is 3.54. The molecule has 2 amide bonds. The van der Waals surface area contributed by atoms with E-state index >= 15 is 0 Å². The summed E-state index contributed by atoms with van der Waals surface area (Å²) >= 11 is 10.3. The summed E-state index contributed by atoms with van der Waals surface area (Å²) in [5, 5.41) is 0.773. The lowest BCUT2D eigenvalue weighted by Gasteiger charge is -2.42. The summed E-state index contributed by atoms with van der Waals surface area (Å²) in [6, 6.07) is 4.47. The first-order chi connectivity index (χ1) is 21.0. The zero-order chi connectivity index (χ0) is 31.4. The summed E-state index contributed by atoms with van der Waals surface area (Å²) in [6.45, 7) is 10.9. The van der Waals surface area contributed by atoms with Gasteiger partial charge in [0.05, 0.1) is 11.1 Å². The molecule has 0 bridgehead atoms. The molecule has 3 aliphatic heterocycles. The van der Waals surface area contributed by atoms with E-state index in [-0.39, 0.29) is 12.1 Å². The van der Waals surface area contributed by atoms with Crippen LogP contribution in [0, 0.1) is 30.1 Å². The molecule has 8 heteroatoms. The lowest BCUT2D eigenvalue weighted by molar-refractivity contribution is -0.134. The van der Waals surface area contributed by atoms with Crippen molar-refractivity contribution in [1.82, 2.24) is 14.7 Å². The third-order valence-electron chi connectivity index (χ3n) is 10.2. The van der Waals surface area contributed by atoms with E-state index in [0.717, 1.165) is 80.1 Å². The Hall–Kier alpha value is -2.01. The standard InChI is InChI=1S/C36H49BrClN3O3/c1-5-6-25-7-8-30-29(9-10-31(38)34(30)37)32(23-25)39-19-13-27(14-20-39)28-15-21-40(22-16-28)33(42)24-26-11-17-41(18-12-26)35(43)44-36(2,3)4/h1,9-10,23,26-28,32H,6-8,11-22,24H2,2-4H3. The molecule has 5 rings (SSSR count). The van der Waals surface area contributed by atoms with Crippen molar-refractivity contribution < 1.29 is 14.3 Å². The Balaban J connectivity index is 1.09. The minimum absolute atomic E-state index is 0.237. The quantitative estimate of drug-likeness (QED) is 0.233. The summed E-state index contributed by atoms with van der Waals surface area (Å²) in [6.07, 6.45) is 17.5. The van der Waals surface area contributed by atoms with E-state index in [1.165, 1.54) is 29.5 Å². The van der Waals surface area contributed by atoms with E-state index in [9.17, 15) is 9.59 Å². The highest BCUT2D eigenvalue weighted by Gasteiger charge is 2.35.